The van der Waals surface area contributed by atoms with Crippen molar-refractivity contribution < 1.29 is 4.42 Å². The highest BCUT2D eigenvalue weighted by Gasteiger charge is 2.28. The standard InChI is InChI=1S/C55H35N5O/c1-4-17-34(18-5-1)53-56-54(35-19-6-2-7-20-35)58-55(57-53)43-27-16-30-46-48(43)42-32-31-37(33-47(42)61-46)60-45-29-15-13-26-41(45)50-39-24-11-10-23-38(39)49-40-25-12-14-28-44(40)59(51(49)52(50)60)36-21-8-3-9-22-36/h1-11,13-24,26-33H,12,25H2. The first kappa shape index (κ1) is 33.8. The molecule has 0 radical (unpaired) electrons. The number of aromatic nitrogens is 5. The summed E-state index contributed by atoms with van der Waals surface area (Å²) >= 11 is 0. The van der Waals surface area contributed by atoms with Crippen LogP contribution in [0.2, 0.25) is 0 Å². The Kier molecular flexibility index (Phi) is 7.33. The van der Waals surface area contributed by atoms with Crippen LogP contribution >= 0.6 is 0 Å². The van der Waals surface area contributed by atoms with Crippen LogP contribution in [0.5, 0.6) is 0 Å². The minimum atomic E-state index is 0.599. The van der Waals surface area contributed by atoms with Gasteiger partial charge in [-0.3, -0.25) is 0 Å². The van der Waals surface area contributed by atoms with Gasteiger partial charge in [0.1, 0.15) is 11.2 Å². The number of hydrogen-bond donors (Lipinski definition) is 0. The van der Waals surface area contributed by atoms with Gasteiger partial charge in [0.15, 0.2) is 17.5 Å². The number of furan rings is 1. The maximum absolute atomic E-state index is 6.83. The van der Waals surface area contributed by atoms with Crippen LogP contribution in [-0.2, 0) is 6.42 Å². The Labute approximate surface area is 350 Å². The van der Waals surface area contributed by atoms with Crippen molar-refractivity contribution in [2.24, 2.45) is 0 Å². The van der Waals surface area contributed by atoms with Crippen molar-refractivity contribution >= 4 is 71.5 Å². The molecule has 1 aliphatic carbocycles. The lowest BCUT2D eigenvalue weighted by Crippen LogP contribution is -2.01. The van der Waals surface area contributed by atoms with E-state index in [1.165, 1.54) is 49.2 Å². The highest BCUT2D eigenvalue weighted by molar-refractivity contribution is 6.33. The molecule has 61 heavy (non-hydrogen) atoms. The smallest absolute Gasteiger partial charge is 0.164 e. The van der Waals surface area contributed by atoms with Gasteiger partial charge < -0.3 is 13.6 Å². The van der Waals surface area contributed by atoms with E-state index in [-0.39, 0.29) is 0 Å². The monoisotopic (exact) mass is 781 g/mol. The van der Waals surface area contributed by atoms with Gasteiger partial charge in [0, 0.05) is 61.1 Å². The number of para-hydroxylation sites is 2. The number of nitrogens with zero attached hydrogens (tertiary/aromatic N) is 5. The summed E-state index contributed by atoms with van der Waals surface area (Å²) in [5.41, 5.74) is 12.7. The Morgan fingerprint density at radius 1 is 0.443 bits per heavy atom. The molecule has 0 unspecified atom stereocenters. The minimum absolute atomic E-state index is 0.599. The predicted octanol–water partition coefficient (Wildman–Crippen LogP) is 13.9. The summed E-state index contributed by atoms with van der Waals surface area (Å²) in [5.74, 6) is 1.85. The number of allylic oxidation sites excluding steroid dienone is 1. The fraction of sp³-hybridized carbons (Fsp3) is 0.0364. The third-order valence-electron chi connectivity index (χ3n) is 12.4. The molecule has 0 saturated heterocycles. The Morgan fingerprint density at radius 2 is 1.07 bits per heavy atom. The molecule has 1 aliphatic rings. The van der Waals surface area contributed by atoms with Crippen molar-refractivity contribution in [3.05, 3.63) is 193 Å². The van der Waals surface area contributed by atoms with Crippen LogP contribution in [0, 0.1) is 0 Å². The van der Waals surface area contributed by atoms with E-state index in [0.717, 1.165) is 68.4 Å². The van der Waals surface area contributed by atoms with Crippen molar-refractivity contribution in [3.8, 4) is 45.5 Å². The second-order valence-corrected chi connectivity index (χ2v) is 15.8. The Bertz CT molecular complexity index is 3690. The summed E-state index contributed by atoms with van der Waals surface area (Å²) in [5, 5.41) is 8.32. The second kappa shape index (κ2) is 13.2. The largest absolute Gasteiger partial charge is 0.456 e. The molecule has 0 bridgehead atoms. The van der Waals surface area contributed by atoms with Crippen molar-refractivity contribution in [1.82, 2.24) is 24.1 Å². The summed E-state index contributed by atoms with van der Waals surface area (Å²) in [6.07, 6.45) is 6.66. The fourth-order valence-electron chi connectivity index (χ4n) is 9.84. The van der Waals surface area contributed by atoms with E-state index in [1.54, 1.807) is 0 Å². The first-order valence-corrected chi connectivity index (χ1v) is 20.8. The van der Waals surface area contributed by atoms with Crippen LogP contribution in [0.3, 0.4) is 0 Å². The van der Waals surface area contributed by atoms with E-state index >= 15 is 0 Å². The van der Waals surface area contributed by atoms with Crippen LogP contribution in [0.25, 0.3) is 117 Å². The summed E-state index contributed by atoms with van der Waals surface area (Å²) in [6.45, 7) is 0. The normalized spacial score (nSPS) is 12.7. The molecule has 0 spiro atoms. The number of fused-ring (bicyclic) bond motifs is 13. The molecule has 13 rings (SSSR count). The molecule has 0 N–H and O–H groups in total. The van der Waals surface area contributed by atoms with Crippen LogP contribution < -0.4 is 0 Å². The Hall–Kier alpha value is -8.09. The summed E-state index contributed by atoms with van der Waals surface area (Å²) < 4.78 is 11.8. The SMILES string of the molecule is C1=Cc2c(c3c4ccccc4c4c5ccccc5n(-c5ccc6c(c5)oc5cccc(-c7nc(-c8ccccc8)nc(-c8ccccc8)n7)c56)c4c3n2-c2ccccc2)CC1. The highest BCUT2D eigenvalue weighted by Crippen LogP contribution is 2.47. The Morgan fingerprint density at radius 3 is 1.80 bits per heavy atom. The van der Waals surface area contributed by atoms with E-state index < -0.39 is 0 Å². The van der Waals surface area contributed by atoms with E-state index in [2.05, 4.69) is 124 Å². The zero-order valence-corrected chi connectivity index (χ0v) is 33.0. The van der Waals surface area contributed by atoms with Crippen molar-refractivity contribution in [2.75, 3.05) is 0 Å². The molecule has 6 nitrogen and oxygen atoms in total. The molecular formula is C55H35N5O. The first-order valence-electron chi connectivity index (χ1n) is 20.8. The van der Waals surface area contributed by atoms with Gasteiger partial charge in [-0.25, -0.2) is 15.0 Å². The number of rotatable bonds is 5. The fourth-order valence-corrected chi connectivity index (χ4v) is 9.84. The number of aryl methyl sites for hydroxylation is 1. The van der Waals surface area contributed by atoms with E-state index in [1.807, 2.05) is 72.8 Å². The molecule has 4 aromatic heterocycles. The molecule has 12 aromatic rings. The van der Waals surface area contributed by atoms with Crippen LogP contribution in [0.4, 0.5) is 0 Å². The molecular weight excluding hydrogens is 747 g/mol. The van der Waals surface area contributed by atoms with Crippen molar-refractivity contribution in [3.63, 3.8) is 0 Å². The van der Waals surface area contributed by atoms with Gasteiger partial charge in [0.2, 0.25) is 0 Å². The van der Waals surface area contributed by atoms with Crippen LogP contribution in [0.1, 0.15) is 17.7 Å². The summed E-state index contributed by atoms with van der Waals surface area (Å²) in [7, 11) is 0. The minimum Gasteiger partial charge on any atom is -0.456 e. The Balaban J connectivity index is 1.10. The molecule has 0 fully saturated rings. The van der Waals surface area contributed by atoms with Crippen molar-refractivity contribution in [1.29, 1.82) is 0 Å². The lowest BCUT2D eigenvalue weighted by molar-refractivity contribution is 0.668. The van der Waals surface area contributed by atoms with Gasteiger partial charge in [-0.1, -0.05) is 140 Å². The second-order valence-electron chi connectivity index (χ2n) is 15.8. The van der Waals surface area contributed by atoms with Crippen LogP contribution in [0.15, 0.2) is 186 Å². The average Bonchev–Trinajstić information content (AvgIpc) is 4.00. The molecule has 4 heterocycles. The van der Waals surface area contributed by atoms with E-state index in [9.17, 15) is 0 Å². The zero-order valence-electron chi connectivity index (χ0n) is 33.0. The third-order valence-corrected chi connectivity index (χ3v) is 12.4. The molecule has 0 amide bonds. The van der Waals surface area contributed by atoms with Gasteiger partial charge >= 0.3 is 0 Å². The summed E-state index contributed by atoms with van der Waals surface area (Å²) in [4.78, 5) is 15.2. The molecule has 8 aromatic carbocycles. The summed E-state index contributed by atoms with van der Waals surface area (Å²) in [6, 6.07) is 61.7. The van der Waals surface area contributed by atoms with Gasteiger partial charge in [-0.05, 0) is 71.7 Å². The average molecular weight is 782 g/mol. The number of hydrogen-bond acceptors (Lipinski definition) is 4. The van der Waals surface area contributed by atoms with Crippen LogP contribution in [-0.4, -0.2) is 24.1 Å². The lowest BCUT2D eigenvalue weighted by Gasteiger charge is -2.14. The zero-order chi connectivity index (χ0) is 40.0. The van der Waals surface area contributed by atoms with Gasteiger partial charge in [-0.2, -0.15) is 0 Å². The maximum atomic E-state index is 6.83. The topological polar surface area (TPSA) is 61.7 Å². The van der Waals surface area contributed by atoms with E-state index in [0.29, 0.717) is 17.5 Å². The maximum Gasteiger partial charge on any atom is 0.164 e. The van der Waals surface area contributed by atoms with Crippen molar-refractivity contribution in [2.45, 2.75) is 12.8 Å². The van der Waals surface area contributed by atoms with Gasteiger partial charge in [0.05, 0.1) is 22.2 Å². The molecule has 0 saturated carbocycles. The molecule has 0 atom stereocenters. The molecule has 286 valence electrons. The quantitative estimate of drug-likeness (QED) is 0.174. The van der Waals surface area contributed by atoms with Gasteiger partial charge in [-0.15, -0.1) is 0 Å². The molecule has 6 heteroatoms. The van der Waals surface area contributed by atoms with Gasteiger partial charge in [0.25, 0.3) is 0 Å². The highest BCUT2D eigenvalue weighted by atomic mass is 16.3. The third kappa shape index (κ3) is 5.06. The van der Waals surface area contributed by atoms with E-state index in [4.69, 9.17) is 19.4 Å². The predicted molar refractivity (Wildman–Crippen MR) is 249 cm³/mol. The molecule has 0 aliphatic heterocycles. The lowest BCUT2D eigenvalue weighted by atomic mass is 9.94. The first-order chi connectivity index (χ1) is 30.3. The number of benzene rings is 8.